The minimum atomic E-state index is -0.484. The number of amides is 3. The summed E-state index contributed by atoms with van der Waals surface area (Å²) in [7, 11) is 0. The molecule has 0 aliphatic carbocycles. The molecule has 0 aromatic carbocycles. The van der Waals surface area contributed by atoms with Gasteiger partial charge in [-0.05, 0) is 38.6 Å². The number of carbonyl (C=O) groups excluding carboxylic acids is 2. The molecule has 1 atom stereocenters. The Labute approximate surface area is 160 Å². The first-order chi connectivity index (χ1) is 13.1. The number of nitrogens with two attached hydrogens (primary N) is 1. The quantitative estimate of drug-likeness (QED) is 0.826. The summed E-state index contributed by atoms with van der Waals surface area (Å²) in [6.07, 6.45) is 7.27. The predicted octanol–water partition coefficient (Wildman–Crippen LogP) is 1.04. The lowest BCUT2D eigenvalue weighted by molar-refractivity contribution is -0.138. The van der Waals surface area contributed by atoms with E-state index in [1.54, 1.807) is 0 Å². The van der Waals surface area contributed by atoms with Crippen molar-refractivity contribution < 1.29 is 9.59 Å². The minimum absolute atomic E-state index is 0.0567. The van der Waals surface area contributed by atoms with E-state index in [1.165, 1.54) is 16.3 Å². The molecule has 1 spiro atoms. The third kappa shape index (κ3) is 2.99. The molecule has 8 heteroatoms. The number of H-pyrrole nitrogens is 1. The fraction of sp³-hybridized carbons (Fsp3) is 0.737. The van der Waals surface area contributed by atoms with Crippen LogP contribution in [0.25, 0.3) is 0 Å². The number of hydrogen-bond donors (Lipinski definition) is 2. The van der Waals surface area contributed by atoms with E-state index in [9.17, 15) is 9.59 Å². The number of primary amides is 1. The summed E-state index contributed by atoms with van der Waals surface area (Å²) in [5.41, 5.74) is 7.81. The first-order valence-corrected chi connectivity index (χ1v) is 10.2. The van der Waals surface area contributed by atoms with Gasteiger partial charge in [0.25, 0.3) is 0 Å². The first kappa shape index (κ1) is 18.3. The second-order valence-corrected chi connectivity index (χ2v) is 8.01. The van der Waals surface area contributed by atoms with E-state index in [2.05, 4.69) is 21.8 Å². The Bertz CT molecular complexity index is 709. The Kier molecular flexibility index (Phi) is 4.84. The van der Waals surface area contributed by atoms with Crippen molar-refractivity contribution in [3.05, 3.63) is 17.7 Å². The molecule has 3 N–H and O–H groups in total. The molecule has 148 valence electrons. The SMILES string of the molecule is CCCN1CCc2[nH]cnc2C12CCN(C(=O)[C@@H]1CCCN1C(N)=O)CC2. The van der Waals surface area contributed by atoms with Crippen LogP contribution < -0.4 is 5.73 Å². The highest BCUT2D eigenvalue weighted by Crippen LogP contribution is 2.42. The van der Waals surface area contributed by atoms with Crippen LogP contribution in [0, 0.1) is 0 Å². The zero-order valence-electron chi connectivity index (χ0n) is 16.1. The third-order valence-electron chi connectivity index (χ3n) is 6.61. The molecule has 1 aromatic heterocycles. The van der Waals surface area contributed by atoms with Gasteiger partial charge < -0.3 is 20.5 Å². The number of aromatic nitrogens is 2. The number of carbonyl (C=O) groups is 2. The van der Waals surface area contributed by atoms with Gasteiger partial charge in [0.1, 0.15) is 6.04 Å². The molecule has 4 heterocycles. The number of urea groups is 1. The maximum Gasteiger partial charge on any atom is 0.315 e. The molecule has 0 bridgehead atoms. The standard InChI is InChI=1S/C19H30N6O2/c1-2-8-24-10-5-14-16(22-13-21-14)19(24)6-11-23(12-7-19)17(26)15-4-3-9-25(15)18(20)27/h13,15H,2-12H2,1H3,(H2,20,27)(H,21,22)/t15-/m0/s1. The van der Waals surface area contributed by atoms with Gasteiger partial charge in [0.2, 0.25) is 5.91 Å². The monoisotopic (exact) mass is 374 g/mol. The fourth-order valence-corrected chi connectivity index (χ4v) is 5.27. The topological polar surface area (TPSA) is 98.6 Å². The molecule has 3 amide bonds. The highest BCUT2D eigenvalue weighted by atomic mass is 16.2. The molecule has 8 nitrogen and oxygen atoms in total. The smallest absolute Gasteiger partial charge is 0.315 e. The molecule has 4 rings (SSSR count). The number of fused-ring (bicyclic) bond motifs is 2. The van der Waals surface area contributed by atoms with E-state index in [1.807, 2.05) is 11.2 Å². The van der Waals surface area contributed by atoms with Crippen LogP contribution >= 0.6 is 0 Å². The molecular weight excluding hydrogens is 344 g/mol. The molecule has 2 fully saturated rings. The Morgan fingerprint density at radius 3 is 2.78 bits per heavy atom. The zero-order chi connectivity index (χ0) is 19.0. The summed E-state index contributed by atoms with van der Waals surface area (Å²) in [6, 6.07) is -0.863. The second kappa shape index (κ2) is 7.14. The van der Waals surface area contributed by atoms with Crippen molar-refractivity contribution in [3.8, 4) is 0 Å². The summed E-state index contributed by atoms with van der Waals surface area (Å²) in [5.74, 6) is 0.0567. The predicted molar refractivity (Wildman–Crippen MR) is 101 cm³/mol. The number of hydrogen-bond acceptors (Lipinski definition) is 4. The van der Waals surface area contributed by atoms with Gasteiger partial charge in [-0.1, -0.05) is 6.92 Å². The van der Waals surface area contributed by atoms with Crippen LogP contribution in [0.15, 0.2) is 6.33 Å². The molecule has 0 saturated carbocycles. The van der Waals surface area contributed by atoms with E-state index in [-0.39, 0.29) is 17.5 Å². The van der Waals surface area contributed by atoms with E-state index in [4.69, 9.17) is 5.73 Å². The third-order valence-corrected chi connectivity index (χ3v) is 6.61. The average Bonchev–Trinajstić information content (AvgIpc) is 3.34. The largest absolute Gasteiger partial charge is 0.351 e. The Morgan fingerprint density at radius 2 is 2.07 bits per heavy atom. The first-order valence-electron chi connectivity index (χ1n) is 10.2. The van der Waals surface area contributed by atoms with Crippen LogP contribution in [0.2, 0.25) is 0 Å². The summed E-state index contributed by atoms with van der Waals surface area (Å²) < 4.78 is 0. The molecule has 0 unspecified atom stereocenters. The van der Waals surface area contributed by atoms with Crippen molar-refractivity contribution in [2.24, 2.45) is 5.73 Å². The van der Waals surface area contributed by atoms with Crippen LogP contribution in [0.5, 0.6) is 0 Å². The van der Waals surface area contributed by atoms with Crippen LogP contribution in [-0.2, 0) is 16.8 Å². The van der Waals surface area contributed by atoms with Crippen molar-refractivity contribution in [2.75, 3.05) is 32.7 Å². The Hall–Kier alpha value is -2.09. The average molecular weight is 374 g/mol. The Morgan fingerprint density at radius 1 is 1.30 bits per heavy atom. The van der Waals surface area contributed by atoms with Gasteiger partial charge in [0.05, 0.1) is 17.6 Å². The van der Waals surface area contributed by atoms with Crippen LogP contribution in [0.3, 0.4) is 0 Å². The molecule has 3 aliphatic heterocycles. The van der Waals surface area contributed by atoms with E-state index < -0.39 is 6.03 Å². The fourth-order valence-electron chi connectivity index (χ4n) is 5.27. The molecule has 0 radical (unpaired) electrons. The normalized spacial score (nSPS) is 25.0. The lowest BCUT2D eigenvalue weighted by Crippen LogP contribution is -2.59. The number of nitrogens with zero attached hydrogens (tertiary/aromatic N) is 4. The van der Waals surface area contributed by atoms with Crippen molar-refractivity contribution in [2.45, 2.75) is 57.0 Å². The van der Waals surface area contributed by atoms with E-state index >= 15 is 0 Å². The van der Waals surface area contributed by atoms with Crippen molar-refractivity contribution in [1.82, 2.24) is 24.7 Å². The van der Waals surface area contributed by atoms with Crippen LogP contribution in [0.4, 0.5) is 4.79 Å². The molecule has 1 aromatic rings. The summed E-state index contributed by atoms with van der Waals surface area (Å²) in [6.45, 7) is 6.30. The number of aromatic amines is 1. The van der Waals surface area contributed by atoms with Gasteiger partial charge in [-0.25, -0.2) is 9.78 Å². The number of nitrogens with one attached hydrogen (secondary N) is 1. The van der Waals surface area contributed by atoms with Crippen molar-refractivity contribution in [1.29, 1.82) is 0 Å². The molecule has 27 heavy (non-hydrogen) atoms. The lowest BCUT2D eigenvalue weighted by Gasteiger charge is -2.51. The van der Waals surface area contributed by atoms with Crippen molar-refractivity contribution >= 4 is 11.9 Å². The van der Waals surface area contributed by atoms with Crippen LogP contribution in [0.1, 0.15) is 50.4 Å². The highest BCUT2D eigenvalue weighted by molar-refractivity contribution is 5.87. The van der Waals surface area contributed by atoms with Gasteiger partial charge in [0, 0.05) is 38.3 Å². The number of piperidine rings is 1. The number of rotatable bonds is 3. The molecule has 3 aliphatic rings. The summed E-state index contributed by atoms with van der Waals surface area (Å²) in [5, 5.41) is 0. The summed E-state index contributed by atoms with van der Waals surface area (Å²) in [4.78, 5) is 38.7. The van der Waals surface area contributed by atoms with Gasteiger partial charge in [-0.3, -0.25) is 9.69 Å². The van der Waals surface area contributed by atoms with E-state index in [0.29, 0.717) is 19.6 Å². The number of imidazole rings is 1. The molecule has 2 saturated heterocycles. The minimum Gasteiger partial charge on any atom is -0.351 e. The zero-order valence-corrected chi connectivity index (χ0v) is 16.1. The van der Waals surface area contributed by atoms with Gasteiger partial charge in [-0.15, -0.1) is 0 Å². The Balaban J connectivity index is 1.51. The van der Waals surface area contributed by atoms with Gasteiger partial charge in [-0.2, -0.15) is 0 Å². The summed E-state index contributed by atoms with van der Waals surface area (Å²) >= 11 is 0. The number of likely N-dealkylation sites (tertiary alicyclic amines) is 2. The van der Waals surface area contributed by atoms with Crippen LogP contribution in [-0.4, -0.2) is 75.4 Å². The van der Waals surface area contributed by atoms with Crippen molar-refractivity contribution in [3.63, 3.8) is 0 Å². The maximum absolute atomic E-state index is 13.0. The van der Waals surface area contributed by atoms with Gasteiger partial charge >= 0.3 is 6.03 Å². The lowest BCUT2D eigenvalue weighted by atomic mass is 9.78. The maximum atomic E-state index is 13.0. The second-order valence-electron chi connectivity index (χ2n) is 8.01. The van der Waals surface area contributed by atoms with E-state index in [0.717, 1.165) is 51.6 Å². The molecular formula is C19H30N6O2. The highest BCUT2D eigenvalue weighted by Gasteiger charge is 2.47. The van der Waals surface area contributed by atoms with Gasteiger partial charge in [0.15, 0.2) is 0 Å².